The number of nitrogens with one attached hydrogen (secondary N) is 2. The van der Waals surface area contributed by atoms with Gasteiger partial charge in [0.1, 0.15) is 0 Å². The molecule has 0 atom stereocenters. The second kappa shape index (κ2) is 9.82. The van der Waals surface area contributed by atoms with Crippen molar-refractivity contribution >= 4 is 18.3 Å². The summed E-state index contributed by atoms with van der Waals surface area (Å²) in [6.07, 6.45) is 2.61. The van der Waals surface area contributed by atoms with Crippen LogP contribution < -0.4 is 10.6 Å². The van der Waals surface area contributed by atoms with E-state index in [2.05, 4.69) is 46.7 Å². The topological polar surface area (TPSA) is 44.4 Å². The van der Waals surface area contributed by atoms with Gasteiger partial charge < -0.3 is 10.6 Å². The number of carbonyl (C=O) groups is 1. The number of nitrogens with zero attached hydrogens (tertiary/aromatic N) is 1. The number of piperidine rings is 1. The van der Waals surface area contributed by atoms with E-state index in [0.717, 1.165) is 12.5 Å². The zero-order valence-electron chi connectivity index (χ0n) is 13.6. The Morgan fingerprint density at radius 3 is 2.64 bits per heavy atom. The molecule has 0 aliphatic carbocycles. The number of hydrogen-bond acceptors (Lipinski definition) is 3. The molecular weight excluding hydrogens is 298 g/mol. The number of benzene rings is 1. The Morgan fingerprint density at radius 1 is 1.27 bits per heavy atom. The van der Waals surface area contributed by atoms with Crippen molar-refractivity contribution in [2.75, 3.05) is 26.7 Å². The Morgan fingerprint density at radius 2 is 1.95 bits per heavy atom. The first-order valence-electron chi connectivity index (χ1n) is 7.89. The number of likely N-dealkylation sites (tertiary alicyclic amines) is 1. The van der Waals surface area contributed by atoms with E-state index in [0.29, 0.717) is 13.1 Å². The van der Waals surface area contributed by atoms with Gasteiger partial charge in [0.15, 0.2) is 0 Å². The van der Waals surface area contributed by atoms with Gasteiger partial charge in [0.25, 0.3) is 0 Å². The summed E-state index contributed by atoms with van der Waals surface area (Å²) in [4.78, 5) is 14.0. The highest BCUT2D eigenvalue weighted by Gasteiger charge is 2.15. The molecule has 22 heavy (non-hydrogen) atoms. The van der Waals surface area contributed by atoms with E-state index >= 15 is 0 Å². The Bertz CT molecular complexity index is 459. The largest absolute Gasteiger partial charge is 0.351 e. The first-order valence-corrected chi connectivity index (χ1v) is 7.89. The molecule has 1 fully saturated rings. The summed E-state index contributed by atoms with van der Waals surface area (Å²) >= 11 is 0. The molecule has 0 saturated carbocycles. The lowest BCUT2D eigenvalue weighted by Crippen LogP contribution is -2.32. The molecule has 5 heteroatoms. The number of carbonyl (C=O) groups excluding carboxylic acids is 1. The van der Waals surface area contributed by atoms with Crippen LogP contribution in [0.25, 0.3) is 0 Å². The van der Waals surface area contributed by atoms with Crippen molar-refractivity contribution in [1.82, 2.24) is 15.5 Å². The molecule has 1 saturated heterocycles. The monoisotopic (exact) mass is 325 g/mol. The minimum Gasteiger partial charge on any atom is -0.351 e. The standard InChI is InChI=1S/C17H27N3O.ClH/c1-14-6-8-20(9-7-14)13-16-5-3-4-15(10-16)11-19-17(21)12-18-2;/h3-5,10,14,18H,6-9,11-13H2,1-2H3,(H,19,21);1H. The van der Waals surface area contributed by atoms with Gasteiger partial charge in [0.2, 0.25) is 5.91 Å². The molecule has 1 aliphatic heterocycles. The molecule has 124 valence electrons. The van der Waals surface area contributed by atoms with Gasteiger partial charge in [-0.25, -0.2) is 0 Å². The molecule has 1 heterocycles. The molecule has 4 nitrogen and oxygen atoms in total. The summed E-state index contributed by atoms with van der Waals surface area (Å²) in [5.41, 5.74) is 2.51. The van der Waals surface area contributed by atoms with Crippen LogP contribution in [-0.2, 0) is 17.9 Å². The lowest BCUT2D eigenvalue weighted by molar-refractivity contribution is -0.120. The fourth-order valence-electron chi connectivity index (χ4n) is 2.74. The first kappa shape index (κ1) is 18.9. The third-order valence-corrected chi connectivity index (χ3v) is 4.10. The van der Waals surface area contributed by atoms with Crippen molar-refractivity contribution in [2.45, 2.75) is 32.9 Å². The maximum Gasteiger partial charge on any atom is 0.234 e. The van der Waals surface area contributed by atoms with Crippen molar-refractivity contribution in [2.24, 2.45) is 5.92 Å². The maximum atomic E-state index is 11.5. The molecule has 0 radical (unpaired) electrons. The zero-order chi connectivity index (χ0) is 15.1. The van der Waals surface area contributed by atoms with Crippen LogP contribution in [0.1, 0.15) is 30.9 Å². The summed E-state index contributed by atoms with van der Waals surface area (Å²) in [7, 11) is 1.78. The first-order chi connectivity index (χ1) is 10.2. The van der Waals surface area contributed by atoms with Crippen molar-refractivity contribution in [3.05, 3.63) is 35.4 Å². The second-order valence-corrected chi connectivity index (χ2v) is 6.09. The predicted octanol–water partition coefficient (Wildman–Crippen LogP) is 2.18. The average Bonchev–Trinajstić information content (AvgIpc) is 2.48. The number of amides is 1. The number of likely N-dealkylation sites (N-methyl/N-ethyl adjacent to an activating group) is 1. The Kier molecular flexibility index (Phi) is 8.46. The van der Waals surface area contributed by atoms with Crippen LogP contribution in [0.3, 0.4) is 0 Å². The molecule has 1 aliphatic rings. The van der Waals surface area contributed by atoms with Crippen molar-refractivity contribution in [1.29, 1.82) is 0 Å². The van der Waals surface area contributed by atoms with Crippen molar-refractivity contribution < 1.29 is 4.79 Å². The minimum atomic E-state index is 0. The highest BCUT2D eigenvalue weighted by Crippen LogP contribution is 2.18. The number of halogens is 1. The molecule has 1 aromatic carbocycles. The quantitative estimate of drug-likeness (QED) is 0.842. The minimum absolute atomic E-state index is 0. The summed E-state index contributed by atoms with van der Waals surface area (Å²) < 4.78 is 0. The predicted molar refractivity (Wildman–Crippen MR) is 93.1 cm³/mol. The van der Waals surface area contributed by atoms with Gasteiger partial charge in [-0.15, -0.1) is 12.4 Å². The van der Waals surface area contributed by atoms with Gasteiger partial charge in [-0.1, -0.05) is 31.2 Å². The van der Waals surface area contributed by atoms with E-state index < -0.39 is 0 Å². The summed E-state index contributed by atoms with van der Waals surface area (Å²) in [5, 5.41) is 5.78. The van der Waals surface area contributed by atoms with Crippen LogP contribution >= 0.6 is 12.4 Å². The Balaban J connectivity index is 0.00000242. The van der Waals surface area contributed by atoms with E-state index in [1.54, 1.807) is 7.05 Å². The summed E-state index contributed by atoms with van der Waals surface area (Å²) in [6.45, 7) is 6.72. The molecule has 0 bridgehead atoms. The van der Waals surface area contributed by atoms with Crippen LogP contribution in [0, 0.1) is 5.92 Å². The number of hydrogen-bond donors (Lipinski definition) is 2. The van der Waals surface area contributed by atoms with Crippen LogP contribution in [0.4, 0.5) is 0 Å². The van der Waals surface area contributed by atoms with Gasteiger partial charge in [-0.2, -0.15) is 0 Å². The van der Waals surface area contributed by atoms with E-state index in [-0.39, 0.29) is 18.3 Å². The van der Waals surface area contributed by atoms with Crippen molar-refractivity contribution in [3.8, 4) is 0 Å². The van der Waals surface area contributed by atoms with E-state index in [1.165, 1.54) is 37.1 Å². The molecule has 1 aromatic rings. The highest BCUT2D eigenvalue weighted by atomic mass is 35.5. The van der Waals surface area contributed by atoms with Crippen LogP contribution in [0.5, 0.6) is 0 Å². The summed E-state index contributed by atoms with van der Waals surface area (Å²) in [5.74, 6) is 0.905. The number of rotatable bonds is 6. The lowest BCUT2D eigenvalue weighted by Gasteiger charge is -2.30. The average molecular weight is 326 g/mol. The second-order valence-electron chi connectivity index (χ2n) is 6.09. The van der Waals surface area contributed by atoms with Crippen molar-refractivity contribution in [3.63, 3.8) is 0 Å². The molecule has 1 amide bonds. The normalized spacial score (nSPS) is 16.1. The SMILES string of the molecule is CNCC(=O)NCc1cccc(CN2CCC(C)CC2)c1.Cl. The van der Waals surface area contributed by atoms with E-state index in [4.69, 9.17) is 0 Å². The lowest BCUT2D eigenvalue weighted by atomic mass is 9.98. The molecule has 2 rings (SSSR count). The summed E-state index contributed by atoms with van der Waals surface area (Å²) in [6, 6.07) is 8.54. The van der Waals surface area contributed by atoms with Gasteiger partial charge in [-0.3, -0.25) is 9.69 Å². The Hall–Kier alpha value is -1.10. The van der Waals surface area contributed by atoms with E-state index in [1.807, 2.05) is 0 Å². The smallest absolute Gasteiger partial charge is 0.234 e. The molecule has 0 unspecified atom stereocenters. The van der Waals surface area contributed by atoms with E-state index in [9.17, 15) is 4.79 Å². The third kappa shape index (κ3) is 6.34. The molecular formula is C17H28ClN3O. The zero-order valence-corrected chi connectivity index (χ0v) is 14.4. The fourth-order valence-corrected chi connectivity index (χ4v) is 2.74. The highest BCUT2D eigenvalue weighted by molar-refractivity contribution is 5.85. The van der Waals surface area contributed by atoms with Crippen LogP contribution in [0.2, 0.25) is 0 Å². The Labute approximate surface area is 140 Å². The van der Waals surface area contributed by atoms with Crippen LogP contribution in [-0.4, -0.2) is 37.5 Å². The molecule has 0 spiro atoms. The molecule has 2 N–H and O–H groups in total. The van der Waals surface area contributed by atoms with Gasteiger partial charge in [0, 0.05) is 13.1 Å². The van der Waals surface area contributed by atoms with Gasteiger partial charge in [-0.05, 0) is 50.0 Å². The van der Waals surface area contributed by atoms with Crippen LogP contribution in [0.15, 0.2) is 24.3 Å². The maximum absolute atomic E-state index is 11.5. The van der Waals surface area contributed by atoms with Gasteiger partial charge in [0.05, 0.1) is 6.54 Å². The fraction of sp³-hybridized carbons (Fsp3) is 0.588. The van der Waals surface area contributed by atoms with Gasteiger partial charge >= 0.3 is 0 Å². The third-order valence-electron chi connectivity index (χ3n) is 4.10. The molecule has 0 aromatic heterocycles.